The maximum absolute atomic E-state index is 11.8. The van der Waals surface area contributed by atoms with Gasteiger partial charge in [0.25, 0.3) is 0 Å². The fraction of sp³-hybridized carbons (Fsp3) is 0.158. The molecular weight excluding hydrogens is 391 g/mol. The molecule has 7 heteroatoms. The molecule has 0 unspecified atom stereocenters. The van der Waals surface area contributed by atoms with Crippen LogP contribution in [0.2, 0.25) is 10.0 Å². The molecule has 0 aliphatic rings. The van der Waals surface area contributed by atoms with Crippen molar-refractivity contribution in [3.8, 4) is 6.07 Å². The summed E-state index contributed by atoms with van der Waals surface area (Å²) in [6.07, 6.45) is 0. The van der Waals surface area contributed by atoms with Crippen LogP contribution in [-0.2, 0) is 16.1 Å². The molecule has 0 atom stereocenters. The minimum Gasteiger partial charge on any atom is -0.468 e. The number of rotatable bonds is 4. The van der Waals surface area contributed by atoms with E-state index >= 15 is 0 Å². The van der Waals surface area contributed by atoms with Gasteiger partial charge in [0.2, 0.25) is 0 Å². The maximum Gasteiger partial charge on any atom is 0.325 e. The minimum atomic E-state index is -0.360. The van der Waals surface area contributed by atoms with Crippen LogP contribution in [0, 0.1) is 18.3 Å². The molecule has 0 amide bonds. The van der Waals surface area contributed by atoms with Gasteiger partial charge in [-0.3, -0.25) is 4.79 Å². The van der Waals surface area contributed by atoms with Crippen molar-refractivity contribution >= 4 is 51.8 Å². The Hall–Kier alpha value is -2.13. The molecule has 0 saturated heterocycles. The second-order valence-corrected chi connectivity index (χ2v) is 7.52. The van der Waals surface area contributed by atoms with Gasteiger partial charge < -0.3 is 9.30 Å². The summed E-state index contributed by atoms with van der Waals surface area (Å²) in [5.74, 6) is -0.360. The number of nitriles is 1. The summed E-state index contributed by atoms with van der Waals surface area (Å²) in [5.41, 5.74) is 2.03. The first-order valence-corrected chi connectivity index (χ1v) is 9.24. The van der Waals surface area contributed by atoms with E-state index in [2.05, 4.69) is 6.07 Å². The van der Waals surface area contributed by atoms with Gasteiger partial charge in [-0.25, -0.2) is 0 Å². The number of fused-ring (bicyclic) bond motifs is 1. The molecule has 132 valence electrons. The molecule has 1 aromatic heterocycles. The molecular formula is C19H14Cl2N2O2S. The van der Waals surface area contributed by atoms with Gasteiger partial charge in [0.15, 0.2) is 0 Å². The molecule has 4 nitrogen and oxygen atoms in total. The van der Waals surface area contributed by atoms with E-state index < -0.39 is 0 Å². The fourth-order valence-corrected chi connectivity index (χ4v) is 4.07. The highest BCUT2D eigenvalue weighted by atomic mass is 35.5. The van der Waals surface area contributed by atoms with Crippen molar-refractivity contribution in [2.45, 2.75) is 23.3 Å². The zero-order valence-electron chi connectivity index (χ0n) is 14.0. The lowest BCUT2D eigenvalue weighted by molar-refractivity contribution is -0.141. The van der Waals surface area contributed by atoms with Crippen molar-refractivity contribution < 1.29 is 9.53 Å². The van der Waals surface area contributed by atoms with Gasteiger partial charge in [0.1, 0.15) is 12.6 Å². The largest absolute Gasteiger partial charge is 0.468 e. The van der Waals surface area contributed by atoms with E-state index in [1.807, 2.05) is 35.8 Å². The molecule has 0 fully saturated rings. The monoisotopic (exact) mass is 404 g/mol. The Balaban J connectivity index is 2.19. The normalized spacial score (nSPS) is 10.7. The lowest BCUT2D eigenvalue weighted by Gasteiger charge is -2.07. The highest BCUT2D eigenvalue weighted by Gasteiger charge is 2.19. The topological polar surface area (TPSA) is 55.0 Å². The zero-order valence-corrected chi connectivity index (χ0v) is 16.4. The van der Waals surface area contributed by atoms with Gasteiger partial charge in [-0.1, -0.05) is 35.0 Å². The zero-order chi connectivity index (χ0) is 18.8. The van der Waals surface area contributed by atoms with Gasteiger partial charge in [-0.15, -0.1) is 0 Å². The Morgan fingerprint density at radius 2 is 1.96 bits per heavy atom. The van der Waals surface area contributed by atoms with Crippen LogP contribution in [0.3, 0.4) is 0 Å². The third kappa shape index (κ3) is 3.54. The number of ether oxygens (including phenoxy) is 1. The standard InChI is InChI=1S/C19H14Cl2N2O2S/c1-11-19(26-14-5-3-13(20)4-6-14)15-8-16(21)12(9-22)7-17(15)23(11)10-18(24)25-2/h3-8H,10H2,1-2H3. The minimum absolute atomic E-state index is 0.0620. The molecule has 2 aromatic carbocycles. The molecule has 1 heterocycles. The predicted molar refractivity (Wildman–Crippen MR) is 104 cm³/mol. The van der Waals surface area contributed by atoms with Crippen LogP contribution in [0.4, 0.5) is 0 Å². The number of methoxy groups -OCH3 is 1. The van der Waals surface area contributed by atoms with E-state index in [0.717, 1.165) is 26.4 Å². The smallest absolute Gasteiger partial charge is 0.325 e. The second-order valence-electron chi connectivity index (χ2n) is 5.59. The predicted octanol–water partition coefficient (Wildman–Crippen LogP) is 5.45. The van der Waals surface area contributed by atoms with Crippen LogP contribution < -0.4 is 0 Å². The maximum atomic E-state index is 11.8. The van der Waals surface area contributed by atoms with Crippen LogP contribution >= 0.6 is 35.0 Å². The number of carbonyl (C=O) groups is 1. The number of aromatic nitrogens is 1. The summed E-state index contributed by atoms with van der Waals surface area (Å²) in [4.78, 5) is 13.8. The van der Waals surface area contributed by atoms with Gasteiger partial charge in [0.05, 0.1) is 23.2 Å². The Labute approximate surface area is 165 Å². The van der Waals surface area contributed by atoms with Gasteiger partial charge in [-0.05, 0) is 43.3 Å². The lowest BCUT2D eigenvalue weighted by atomic mass is 10.2. The molecule has 0 saturated carbocycles. The van der Waals surface area contributed by atoms with E-state index in [1.54, 1.807) is 23.9 Å². The highest BCUT2D eigenvalue weighted by Crippen LogP contribution is 2.40. The molecule has 0 bridgehead atoms. The lowest BCUT2D eigenvalue weighted by Crippen LogP contribution is -2.12. The first-order valence-electron chi connectivity index (χ1n) is 7.67. The molecule has 0 aliphatic carbocycles. The van der Waals surface area contributed by atoms with Crippen molar-refractivity contribution in [1.29, 1.82) is 5.26 Å². The Kier molecular flexibility index (Phi) is 5.47. The summed E-state index contributed by atoms with van der Waals surface area (Å²) in [6, 6.07) is 13.1. The first-order chi connectivity index (χ1) is 12.4. The molecule has 0 spiro atoms. The number of carbonyl (C=O) groups excluding carboxylic acids is 1. The van der Waals surface area contributed by atoms with Gasteiger partial charge >= 0.3 is 5.97 Å². The Morgan fingerprint density at radius 3 is 2.58 bits per heavy atom. The molecule has 0 radical (unpaired) electrons. The van der Waals surface area contributed by atoms with Crippen molar-refractivity contribution in [2.24, 2.45) is 0 Å². The second kappa shape index (κ2) is 7.63. The number of halogens is 2. The molecule has 3 rings (SSSR count). The van der Waals surface area contributed by atoms with Gasteiger partial charge in [-0.2, -0.15) is 5.26 Å². The fourth-order valence-electron chi connectivity index (χ4n) is 2.70. The third-order valence-corrected chi connectivity index (χ3v) is 5.82. The van der Waals surface area contributed by atoms with Crippen LogP contribution in [0.25, 0.3) is 10.9 Å². The SMILES string of the molecule is COC(=O)Cn1c(C)c(Sc2ccc(Cl)cc2)c2cc(Cl)c(C#N)cc21. The van der Waals surface area contributed by atoms with Crippen molar-refractivity contribution in [1.82, 2.24) is 4.57 Å². The van der Waals surface area contributed by atoms with Crippen molar-refractivity contribution in [2.75, 3.05) is 7.11 Å². The number of hydrogen-bond acceptors (Lipinski definition) is 4. The summed E-state index contributed by atoms with van der Waals surface area (Å²) in [5, 5.41) is 11.2. The third-order valence-electron chi connectivity index (χ3n) is 4.02. The molecule has 3 aromatic rings. The van der Waals surface area contributed by atoms with Crippen molar-refractivity contribution in [3.05, 3.63) is 57.7 Å². The van der Waals surface area contributed by atoms with Crippen LogP contribution in [0.1, 0.15) is 11.3 Å². The first kappa shape index (κ1) is 18.7. The van der Waals surface area contributed by atoms with Crippen LogP contribution in [0.15, 0.2) is 46.2 Å². The molecule has 0 aliphatic heterocycles. The molecule has 26 heavy (non-hydrogen) atoms. The van der Waals surface area contributed by atoms with E-state index in [-0.39, 0.29) is 12.5 Å². The van der Waals surface area contributed by atoms with E-state index in [9.17, 15) is 10.1 Å². The number of hydrogen-bond donors (Lipinski definition) is 0. The summed E-state index contributed by atoms with van der Waals surface area (Å²) in [6.45, 7) is 1.99. The number of nitrogens with zero attached hydrogens (tertiary/aromatic N) is 2. The highest BCUT2D eigenvalue weighted by molar-refractivity contribution is 7.99. The average molecular weight is 405 g/mol. The van der Waals surface area contributed by atoms with E-state index in [0.29, 0.717) is 15.6 Å². The van der Waals surface area contributed by atoms with Crippen molar-refractivity contribution in [3.63, 3.8) is 0 Å². The summed E-state index contributed by atoms with van der Waals surface area (Å²) in [7, 11) is 1.35. The van der Waals surface area contributed by atoms with Crippen LogP contribution in [-0.4, -0.2) is 17.6 Å². The van der Waals surface area contributed by atoms with E-state index in [4.69, 9.17) is 27.9 Å². The Morgan fingerprint density at radius 1 is 1.27 bits per heavy atom. The average Bonchev–Trinajstić information content (AvgIpc) is 2.87. The van der Waals surface area contributed by atoms with Gasteiger partial charge in [0, 0.05) is 25.9 Å². The summed E-state index contributed by atoms with van der Waals surface area (Å²) < 4.78 is 6.65. The summed E-state index contributed by atoms with van der Waals surface area (Å²) >= 11 is 13.8. The van der Waals surface area contributed by atoms with Crippen LogP contribution in [0.5, 0.6) is 0 Å². The van der Waals surface area contributed by atoms with E-state index in [1.165, 1.54) is 7.11 Å². The molecule has 0 N–H and O–H groups in total. The quantitative estimate of drug-likeness (QED) is 0.542. The number of benzene rings is 2. The number of esters is 1. The Bertz CT molecular complexity index is 1040.